The van der Waals surface area contributed by atoms with Crippen LogP contribution in [-0.2, 0) is 6.42 Å². The van der Waals surface area contributed by atoms with Crippen LogP contribution in [0.25, 0.3) is 0 Å². The Labute approximate surface area is 97.7 Å². The molecule has 1 aromatic rings. The molecule has 0 aromatic heterocycles. The molecule has 0 saturated heterocycles. The molecule has 1 N–H and O–H groups in total. The van der Waals surface area contributed by atoms with Crippen LogP contribution in [0, 0.1) is 0 Å². The molecule has 1 aromatic carbocycles. The van der Waals surface area contributed by atoms with E-state index in [0.717, 1.165) is 18.6 Å². The van der Waals surface area contributed by atoms with Crippen molar-refractivity contribution in [1.82, 2.24) is 0 Å². The summed E-state index contributed by atoms with van der Waals surface area (Å²) in [6.07, 6.45) is 1.64. The van der Waals surface area contributed by atoms with Crippen molar-refractivity contribution in [2.75, 3.05) is 7.11 Å². The average molecular weight is 231 g/mol. The van der Waals surface area contributed by atoms with E-state index in [0.29, 0.717) is 0 Å². The van der Waals surface area contributed by atoms with Crippen LogP contribution in [0.15, 0.2) is 24.3 Å². The summed E-state index contributed by atoms with van der Waals surface area (Å²) < 4.78 is 5.12. The van der Waals surface area contributed by atoms with Gasteiger partial charge in [-0.1, -0.05) is 12.1 Å². The van der Waals surface area contributed by atoms with Crippen LogP contribution in [0.3, 0.4) is 0 Å². The Morgan fingerprint density at radius 1 is 1.33 bits per heavy atom. The fourth-order valence-electron chi connectivity index (χ4n) is 1.28. The third-order valence-electron chi connectivity index (χ3n) is 2.16. The molecule has 0 aliphatic carbocycles. The molecule has 3 heteroatoms. The number of aliphatic hydroxyl groups is 1. The van der Waals surface area contributed by atoms with Crippen LogP contribution in [0.1, 0.15) is 25.8 Å². The van der Waals surface area contributed by atoms with E-state index in [1.807, 2.05) is 38.1 Å². The summed E-state index contributed by atoms with van der Waals surface area (Å²) in [6.45, 7) is 3.65. The van der Waals surface area contributed by atoms with E-state index < -0.39 is 5.60 Å². The van der Waals surface area contributed by atoms with Gasteiger partial charge in [0, 0.05) is 0 Å². The predicted octanol–water partition coefficient (Wildman–Crippen LogP) is 2.82. The van der Waals surface area contributed by atoms with E-state index in [1.165, 1.54) is 5.56 Å². The van der Waals surface area contributed by atoms with Crippen LogP contribution in [0.5, 0.6) is 5.75 Å². The first-order chi connectivity index (χ1) is 6.51. The van der Waals surface area contributed by atoms with Gasteiger partial charge in [0.1, 0.15) is 5.75 Å². The zero-order chi connectivity index (χ0) is 10.6. The lowest BCUT2D eigenvalue weighted by atomic mass is 9.99. The van der Waals surface area contributed by atoms with E-state index >= 15 is 0 Å². The Morgan fingerprint density at radius 2 is 2.00 bits per heavy atom. The Kier molecular flexibility index (Phi) is 5.69. The Hall–Kier alpha value is -0.730. The Morgan fingerprint density at radius 3 is 2.53 bits per heavy atom. The summed E-state index contributed by atoms with van der Waals surface area (Å²) in [7, 11) is 1.66. The smallest absolute Gasteiger partial charge is 0.119 e. The van der Waals surface area contributed by atoms with E-state index in [-0.39, 0.29) is 12.4 Å². The van der Waals surface area contributed by atoms with Crippen molar-refractivity contribution in [3.05, 3.63) is 29.8 Å². The molecular formula is C12H19ClO2. The second-order valence-electron chi connectivity index (χ2n) is 4.16. The third-order valence-corrected chi connectivity index (χ3v) is 2.16. The summed E-state index contributed by atoms with van der Waals surface area (Å²) in [5.74, 6) is 0.873. The van der Waals surface area contributed by atoms with Crippen molar-refractivity contribution >= 4 is 12.4 Å². The van der Waals surface area contributed by atoms with Crippen molar-refractivity contribution in [1.29, 1.82) is 0 Å². The number of ether oxygens (including phenoxy) is 1. The fourth-order valence-corrected chi connectivity index (χ4v) is 1.28. The van der Waals surface area contributed by atoms with Gasteiger partial charge < -0.3 is 9.84 Å². The summed E-state index contributed by atoms with van der Waals surface area (Å²) in [5, 5.41) is 9.57. The standard InChI is InChI=1S/C12H18O2.ClH/c1-12(2,13)8-7-10-5-4-6-11(9-10)14-3;/h4-6,9,13H,7-8H2,1-3H3;1H. The normalized spacial score (nSPS) is 10.7. The second kappa shape index (κ2) is 5.99. The maximum Gasteiger partial charge on any atom is 0.119 e. The van der Waals surface area contributed by atoms with E-state index in [4.69, 9.17) is 4.74 Å². The van der Waals surface area contributed by atoms with Crippen LogP contribution < -0.4 is 4.74 Å². The maximum absolute atomic E-state index is 9.57. The highest BCUT2D eigenvalue weighted by Gasteiger charge is 2.11. The predicted molar refractivity (Wildman–Crippen MR) is 64.9 cm³/mol. The zero-order valence-electron chi connectivity index (χ0n) is 9.49. The van der Waals surface area contributed by atoms with E-state index in [2.05, 4.69) is 0 Å². The summed E-state index contributed by atoms with van der Waals surface area (Å²) >= 11 is 0. The Bertz CT molecular complexity index is 292. The number of benzene rings is 1. The van der Waals surface area contributed by atoms with Gasteiger partial charge in [-0.3, -0.25) is 0 Å². The first-order valence-electron chi connectivity index (χ1n) is 4.86. The number of hydrogen-bond acceptors (Lipinski definition) is 2. The lowest BCUT2D eigenvalue weighted by Crippen LogP contribution is -2.19. The first-order valence-corrected chi connectivity index (χ1v) is 4.86. The molecule has 0 amide bonds. The third kappa shape index (κ3) is 5.65. The van der Waals surface area contributed by atoms with Gasteiger partial charge in [-0.05, 0) is 44.4 Å². The molecule has 0 aliphatic heterocycles. The Balaban J connectivity index is 0.00000196. The average Bonchev–Trinajstić information content (AvgIpc) is 2.14. The number of methoxy groups -OCH3 is 1. The number of hydrogen-bond donors (Lipinski definition) is 1. The summed E-state index contributed by atoms with van der Waals surface area (Å²) in [6, 6.07) is 7.95. The van der Waals surface area contributed by atoms with Crippen molar-refractivity contribution in [3.63, 3.8) is 0 Å². The molecule has 2 nitrogen and oxygen atoms in total. The first kappa shape index (κ1) is 14.3. The number of aryl methyl sites for hydroxylation is 1. The molecule has 0 atom stereocenters. The molecule has 0 aliphatic rings. The van der Waals surface area contributed by atoms with Gasteiger partial charge in [-0.15, -0.1) is 12.4 Å². The molecule has 0 unspecified atom stereocenters. The van der Waals surface area contributed by atoms with Crippen molar-refractivity contribution in [2.24, 2.45) is 0 Å². The molecule has 86 valence electrons. The minimum Gasteiger partial charge on any atom is -0.497 e. The van der Waals surface area contributed by atoms with Gasteiger partial charge in [0.2, 0.25) is 0 Å². The van der Waals surface area contributed by atoms with Gasteiger partial charge in [-0.2, -0.15) is 0 Å². The minimum absolute atomic E-state index is 0. The lowest BCUT2D eigenvalue weighted by Gasteiger charge is -2.16. The number of halogens is 1. The monoisotopic (exact) mass is 230 g/mol. The quantitative estimate of drug-likeness (QED) is 0.862. The zero-order valence-corrected chi connectivity index (χ0v) is 10.3. The summed E-state index contributed by atoms with van der Waals surface area (Å²) in [4.78, 5) is 0. The maximum atomic E-state index is 9.57. The summed E-state index contributed by atoms with van der Waals surface area (Å²) in [5.41, 5.74) is 0.606. The molecule has 0 spiro atoms. The minimum atomic E-state index is -0.594. The van der Waals surface area contributed by atoms with Crippen molar-refractivity contribution in [2.45, 2.75) is 32.3 Å². The molecule has 0 radical (unpaired) electrons. The van der Waals surface area contributed by atoms with E-state index in [1.54, 1.807) is 7.11 Å². The van der Waals surface area contributed by atoms with Crippen LogP contribution in [-0.4, -0.2) is 17.8 Å². The van der Waals surface area contributed by atoms with Gasteiger partial charge in [-0.25, -0.2) is 0 Å². The molecule has 0 fully saturated rings. The highest BCUT2D eigenvalue weighted by molar-refractivity contribution is 5.85. The van der Waals surface area contributed by atoms with Crippen LogP contribution in [0.4, 0.5) is 0 Å². The van der Waals surface area contributed by atoms with Gasteiger partial charge in [0.05, 0.1) is 12.7 Å². The molecule has 0 heterocycles. The molecular weight excluding hydrogens is 212 g/mol. The topological polar surface area (TPSA) is 29.5 Å². The molecule has 1 rings (SSSR count). The van der Waals surface area contributed by atoms with Gasteiger partial charge in [0.15, 0.2) is 0 Å². The van der Waals surface area contributed by atoms with Gasteiger partial charge in [0.25, 0.3) is 0 Å². The SMILES string of the molecule is COc1cccc(CCC(C)(C)O)c1.Cl. The molecule has 0 bridgehead atoms. The van der Waals surface area contributed by atoms with Gasteiger partial charge >= 0.3 is 0 Å². The van der Waals surface area contributed by atoms with Crippen molar-refractivity contribution in [3.8, 4) is 5.75 Å². The molecule has 15 heavy (non-hydrogen) atoms. The molecule has 0 saturated carbocycles. The van der Waals surface area contributed by atoms with Crippen LogP contribution >= 0.6 is 12.4 Å². The highest BCUT2D eigenvalue weighted by atomic mass is 35.5. The largest absolute Gasteiger partial charge is 0.497 e. The fraction of sp³-hybridized carbons (Fsp3) is 0.500. The second-order valence-corrected chi connectivity index (χ2v) is 4.16. The number of rotatable bonds is 4. The van der Waals surface area contributed by atoms with Crippen molar-refractivity contribution < 1.29 is 9.84 Å². The van der Waals surface area contributed by atoms with Crippen LogP contribution in [0.2, 0.25) is 0 Å². The lowest BCUT2D eigenvalue weighted by molar-refractivity contribution is 0.0714. The highest BCUT2D eigenvalue weighted by Crippen LogP contribution is 2.17. The van der Waals surface area contributed by atoms with E-state index in [9.17, 15) is 5.11 Å².